The Kier molecular flexibility index (Phi) is 6.05. The van der Waals surface area contributed by atoms with E-state index in [1.165, 1.54) is 11.1 Å². The number of hydrogen-bond acceptors (Lipinski definition) is 4. The van der Waals surface area contributed by atoms with E-state index in [4.69, 9.17) is 4.99 Å². The molecule has 1 aliphatic rings. The minimum Gasteiger partial charge on any atom is -0.357 e. The highest BCUT2D eigenvalue weighted by Crippen LogP contribution is 2.19. The SMILES string of the molecule is CCNC(=NCc1nnc2ccccn12)NCC(C)N1CCc2ccccc2C1. The molecule has 29 heavy (non-hydrogen) atoms. The van der Waals surface area contributed by atoms with Gasteiger partial charge in [0.25, 0.3) is 0 Å². The van der Waals surface area contributed by atoms with E-state index in [2.05, 4.69) is 63.8 Å². The molecule has 0 radical (unpaired) electrons. The Balaban J connectivity index is 1.36. The number of guanidine groups is 1. The fraction of sp³-hybridized carbons (Fsp3) is 0.409. The smallest absolute Gasteiger partial charge is 0.191 e. The van der Waals surface area contributed by atoms with E-state index in [1.54, 1.807) is 0 Å². The third kappa shape index (κ3) is 4.56. The fourth-order valence-electron chi connectivity index (χ4n) is 3.76. The minimum atomic E-state index is 0.418. The van der Waals surface area contributed by atoms with E-state index >= 15 is 0 Å². The Labute approximate surface area is 171 Å². The number of hydrogen-bond donors (Lipinski definition) is 2. The number of aromatic nitrogens is 3. The average Bonchev–Trinajstić information content (AvgIpc) is 3.18. The number of benzene rings is 1. The first-order chi connectivity index (χ1) is 14.2. The third-order valence-electron chi connectivity index (χ3n) is 5.46. The van der Waals surface area contributed by atoms with Crippen LogP contribution in [0.2, 0.25) is 0 Å². The first-order valence-corrected chi connectivity index (χ1v) is 10.4. The van der Waals surface area contributed by atoms with Crippen molar-refractivity contribution < 1.29 is 0 Å². The molecule has 0 saturated heterocycles. The molecular formula is C22H29N7. The second-order valence-corrected chi connectivity index (χ2v) is 7.46. The summed E-state index contributed by atoms with van der Waals surface area (Å²) in [4.78, 5) is 7.24. The number of pyridine rings is 1. The first-order valence-electron chi connectivity index (χ1n) is 10.4. The predicted molar refractivity (Wildman–Crippen MR) is 116 cm³/mol. The van der Waals surface area contributed by atoms with E-state index in [0.717, 1.165) is 50.0 Å². The normalized spacial score (nSPS) is 15.9. The van der Waals surface area contributed by atoms with Crippen LogP contribution in [0.1, 0.15) is 30.8 Å². The van der Waals surface area contributed by atoms with Gasteiger partial charge in [0.2, 0.25) is 0 Å². The predicted octanol–water partition coefficient (Wildman–Crippen LogP) is 2.23. The van der Waals surface area contributed by atoms with Gasteiger partial charge in [-0.2, -0.15) is 0 Å². The Morgan fingerprint density at radius 1 is 1.10 bits per heavy atom. The molecule has 0 bridgehead atoms. The second-order valence-electron chi connectivity index (χ2n) is 7.46. The Hall–Kier alpha value is -2.93. The first kappa shape index (κ1) is 19.4. The zero-order valence-corrected chi connectivity index (χ0v) is 17.2. The van der Waals surface area contributed by atoms with E-state index in [9.17, 15) is 0 Å². The van der Waals surface area contributed by atoms with Gasteiger partial charge in [0.1, 0.15) is 6.54 Å². The molecule has 1 aromatic carbocycles. The van der Waals surface area contributed by atoms with Gasteiger partial charge in [0, 0.05) is 38.4 Å². The monoisotopic (exact) mass is 391 g/mol. The van der Waals surface area contributed by atoms with E-state index < -0.39 is 0 Å². The van der Waals surface area contributed by atoms with Crippen LogP contribution < -0.4 is 10.6 Å². The number of aliphatic imine (C=N–C) groups is 1. The number of fused-ring (bicyclic) bond motifs is 2. The molecular weight excluding hydrogens is 362 g/mol. The summed E-state index contributed by atoms with van der Waals surface area (Å²) in [6.07, 6.45) is 3.09. The molecule has 0 aliphatic carbocycles. The fourth-order valence-corrected chi connectivity index (χ4v) is 3.76. The second kappa shape index (κ2) is 9.05. The summed E-state index contributed by atoms with van der Waals surface area (Å²) in [5, 5.41) is 15.3. The van der Waals surface area contributed by atoms with E-state index in [0.29, 0.717) is 12.6 Å². The maximum atomic E-state index is 4.71. The van der Waals surface area contributed by atoms with Gasteiger partial charge in [-0.3, -0.25) is 9.30 Å². The molecule has 7 heteroatoms. The molecule has 1 unspecified atom stereocenters. The minimum absolute atomic E-state index is 0.418. The van der Waals surface area contributed by atoms with Crippen LogP contribution in [-0.2, 0) is 19.5 Å². The molecule has 7 nitrogen and oxygen atoms in total. The zero-order valence-electron chi connectivity index (χ0n) is 17.2. The molecule has 3 heterocycles. The summed E-state index contributed by atoms with van der Waals surface area (Å²) < 4.78 is 1.97. The topological polar surface area (TPSA) is 69.8 Å². The van der Waals surface area contributed by atoms with Crippen molar-refractivity contribution in [3.63, 3.8) is 0 Å². The van der Waals surface area contributed by atoms with Gasteiger partial charge in [-0.15, -0.1) is 10.2 Å². The van der Waals surface area contributed by atoms with Gasteiger partial charge in [-0.1, -0.05) is 30.3 Å². The Bertz CT molecular complexity index is 978. The van der Waals surface area contributed by atoms with Gasteiger partial charge < -0.3 is 10.6 Å². The van der Waals surface area contributed by atoms with Gasteiger partial charge >= 0.3 is 0 Å². The maximum Gasteiger partial charge on any atom is 0.191 e. The molecule has 0 spiro atoms. The van der Waals surface area contributed by atoms with E-state index in [-0.39, 0.29) is 0 Å². The molecule has 0 fully saturated rings. The van der Waals surface area contributed by atoms with Crippen LogP contribution in [0.15, 0.2) is 53.7 Å². The van der Waals surface area contributed by atoms with Crippen molar-refractivity contribution in [1.82, 2.24) is 30.1 Å². The highest BCUT2D eigenvalue weighted by Gasteiger charge is 2.20. The molecule has 0 saturated carbocycles. The summed E-state index contributed by atoms with van der Waals surface area (Å²) in [6, 6.07) is 15.1. The summed E-state index contributed by atoms with van der Waals surface area (Å²) in [6.45, 7) is 8.60. The zero-order chi connectivity index (χ0) is 20.1. The summed E-state index contributed by atoms with van der Waals surface area (Å²) in [5.41, 5.74) is 3.78. The summed E-state index contributed by atoms with van der Waals surface area (Å²) in [7, 11) is 0. The molecule has 2 aromatic heterocycles. The lowest BCUT2D eigenvalue weighted by Crippen LogP contribution is -2.47. The highest BCUT2D eigenvalue weighted by molar-refractivity contribution is 5.79. The van der Waals surface area contributed by atoms with Gasteiger partial charge in [0.05, 0.1) is 0 Å². The lowest BCUT2D eigenvalue weighted by atomic mass is 9.99. The summed E-state index contributed by atoms with van der Waals surface area (Å²) >= 11 is 0. The molecule has 0 amide bonds. The lowest BCUT2D eigenvalue weighted by Gasteiger charge is -2.34. The van der Waals surface area contributed by atoms with Crippen LogP contribution in [0.5, 0.6) is 0 Å². The molecule has 4 rings (SSSR count). The van der Waals surface area contributed by atoms with Crippen molar-refractivity contribution in [3.05, 3.63) is 65.6 Å². The molecule has 152 valence electrons. The van der Waals surface area contributed by atoms with Crippen LogP contribution in [0.25, 0.3) is 5.65 Å². The van der Waals surface area contributed by atoms with Crippen molar-refractivity contribution in [2.24, 2.45) is 4.99 Å². The number of nitrogens with zero attached hydrogens (tertiary/aromatic N) is 5. The van der Waals surface area contributed by atoms with Crippen molar-refractivity contribution in [2.75, 3.05) is 19.6 Å². The third-order valence-corrected chi connectivity index (χ3v) is 5.46. The molecule has 1 atom stereocenters. The van der Waals surface area contributed by atoms with Gasteiger partial charge in [-0.05, 0) is 43.5 Å². The number of nitrogens with one attached hydrogen (secondary N) is 2. The molecule has 3 aromatic rings. The Morgan fingerprint density at radius 2 is 1.93 bits per heavy atom. The molecule has 2 N–H and O–H groups in total. The van der Waals surface area contributed by atoms with Gasteiger partial charge in [-0.25, -0.2) is 4.99 Å². The number of rotatable bonds is 6. The van der Waals surface area contributed by atoms with Crippen LogP contribution in [0.4, 0.5) is 0 Å². The largest absolute Gasteiger partial charge is 0.357 e. The quantitative estimate of drug-likeness (QED) is 0.498. The lowest BCUT2D eigenvalue weighted by molar-refractivity contribution is 0.191. The van der Waals surface area contributed by atoms with Crippen LogP contribution in [0, 0.1) is 0 Å². The Morgan fingerprint density at radius 3 is 2.79 bits per heavy atom. The van der Waals surface area contributed by atoms with E-state index in [1.807, 2.05) is 28.8 Å². The standard InChI is InChI=1S/C22H29N7/c1-3-23-22(25-15-21-27-26-20-10-6-7-12-29(20)21)24-14-17(2)28-13-11-18-8-4-5-9-19(18)16-28/h4-10,12,17H,3,11,13-16H2,1-2H3,(H2,23,24,25). The van der Waals surface area contributed by atoms with Crippen molar-refractivity contribution >= 4 is 11.6 Å². The van der Waals surface area contributed by atoms with Crippen LogP contribution in [-0.4, -0.2) is 51.1 Å². The molecule has 1 aliphatic heterocycles. The highest BCUT2D eigenvalue weighted by atomic mass is 15.3. The van der Waals surface area contributed by atoms with Crippen molar-refractivity contribution in [2.45, 2.75) is 39.4 Å². The summed E-state index contributed by atoms with van der Waals surface area (Å²) in [5.74, 6) is 1.64. The van der Waals surface area contributed by atoms with Crippen molar-refractivity contribution in [1.29, 1.82) is 0 Å². The van der Waals surface area contributed by atoms with Gasteiger partial charge in [0.15, 0.2) is 17.4 Å². The van der Waals surface area contributed by atoms with Crippen molar-refractivity contribution in [3.8, 4) is 0 Å². The van der Waals surface area contributed by atoms with Crippen LogP contribution in [0.3, 0.4) is 0 Å². The maximum absolute atomic E-state index is 4.71. The average molecular weight is 392 g/mol. The van der Waals surface area contributed by atoms with Crippen LogP contribution >= 0.6 is 0 Å².